The summed E-state index contributed by atoms with van der Waals surface area (Å²) in [5, 5.41) is 66.4. The number of unbranched alkanes of at least 4 members (excludes halogenated alkanes) is 3. The van der Waals surface area contributed by atoms with E-state index in [0.29, 0.717) is 57.9 Å². The third-order valence-electron chi connectivity index (χ3n) is 13.0. The van der Waals surface area contributed by atoms with E-state index in [9.17, 15) is 87.9 Å². The van der Waals surface area contributed by atoms with Gasteiger partial charge in [-0.1, -0.05) is 27.2 Å². The average molecular weight is 1300 g/mol. The Kier molecular flexibility index (Phi) is 51.6. The Morgan fingerprint density at radius 1 is 0.422 bits per heavy atom. The van der Waals surface area contributed by atoms with E-state index in [-0.39, 0.29) is 167 Å². The highest BCUT2D eigenvalue weighted by Gasteiger charge is 2.29. The fourth-order valence-corrected chi connectivity index (χ4v) is 8.29. The molecule has 0 saturated heterocycles. The van der Waals surface area contributed by atoms with Crippen molar-refractivity contribution in [1.82, 2.24) is 51.9 Å². The molecule has 0 aromatic heterocycles. The van der Waals surface area contributed by atoms with Crippen LogP contribution in [0.1, 0.15) is 111 Å². The predicted octanol–water partition coefficient (Wildman–Crippen LogP) is -3.50. The number of carbonyl (C=O) groups excluding carboxylic acids is 8. The lowest BCUT2D eigenvalue weighted by Crippen LogP contribution is -2.50. The van der Waals surface area contributed by atoms with Gasteiger partial charge in [-0.25, -0.2) is 0 Å². The first-order chi connectivity index (χ1) is 42.8. The van der Waals surface area contributed by atoms with Crippen LogP contribution in [0.5, 0.6) is 0 Å². The second-order valence-electron chi connectivity index (χ2n) is 20.5. The second kappa shape index (κ2) is 54.7. The van der Waals surface area contributed by atoms with Gasteiger partial charge in [-0.2, -0.15) is 0 Å². The van der Waals surface area contributed by atoms with E-state index in [1.807, 2.05) is 13.8 Å². The normalized spacial score (nSPS) is 12.3. The number of carboxylic acid groups (broad SMARTS) is 5. The van der Waals surface area contributed by atoms with E-state index in [1.165, 1.54) is 4.90 Å². The van der Waals surface area contributed by atoms with Crippen LogP contribution < -0.4 is 48.7 Å². The van der Waals surface area contributed by atoms with E-state index in [0.717, 1.165) is 9.80 Å². The number of nitrogens with zero attached hydrogens (tertiary/aromatic N) is 3. The van der Waals surface area contributed by atoms with Gasteiger partial charge in [0, 0.05) is 84.1 Å². The number of nitrogens with one attached hydrogen (secondary N) is 7. The van der Waals surface area contributed by atoms with Gasteiger partial charge in [-0.05, 0) is 71.3 Å². The monoisotopic (exact) mass is 1290 g/mol. The van der Waals surface area contributed by atoms with Crippen LogP contribution in [0.3, 0.4) is 0 Å². The largest absolute Gasteiger partial charge is 0.480 e. The number of likely N-dealkylation sites (N-methyl/N-ethyl adjacent to an activating group) is 1. The summed E-state index contributed by atoms with van der Waals surface area (Å²) in [5.41, 5.74) is 10.6. The number of nitrogens with two attached hydrogens (primary N) is 2. The third-order valence-corrected chi connectivity index (χ3v) is 13.0. The first kappa shape index (κ1) is 84.9. The Morgan fingerprint density at radius 2 is 0.822 bits per heavy atom. The van der Waals surface area contributed by atoms with E-state index < -0.39 is 104 Å². The Bertz CT molecular complexity index is 2080. The molecule has 0 radical (unpaired) electrons. The first-order valence-corrected chi connectivity index (χ1v) is 30.3. The molecule has 0 rings (SSSR count). The van der Waals surface area contributed by atoms with Crippen molar-refractivity contribution in [3.8, 4) is 0 Å². The summed E-state index contributed by atoms with van der Waals surface area (Å²) in [5.74, 6) is -10.6. The fourth-order valence-electron chi connectivity index (χ4n) is 8.29. The minimum Gasteiger partial charge on any atom is -0.480 e. The maximum Gasteiger partial charge on any atom is 0.320 e. The van der Waals surface area contributed by atoms with Crippen molar-refractivity contribution in [3.05, 3.63) is 0 Å². The molecular weight excluding hydrogens is 1190 g/mol. The summed E-state index contributed by atoms with van der Waals surface area (Å²) in [6.45, 7) is 3.67. The molecule has 0 aromatic rings. The van der Waals surface area contributed by atoms with E-state index in [2.05, 4.69) is 37.2 Å². The number of hydrogen-bond donors (Lipinski definition) is 14. The van der Waals surface area contributed by atoms with Crippen molar-refractivity contribution < 1.29 is 107 Å². The lowest BCUT2D eigenvalue weighted by Gasteiger charge is -2.32. The molecule has 0 aliphatic heterocycles. The molecule has 0 saturated carbocycles. The molecule has 0 bridgehead atoms. The molecule has 0 fully saturated rings. The number of hydrogen-bond acceptors (Lipinski definition) is 21. The van der Waals surface area contributed by atoms with Gasteiger partial charge in [0.1, 0.15) is 25.3 Å². The lowest BCUT2D eigenvalue weighted by molar-refractivity contribution is -0.146. The number of carboxylic acids is 5. The molecular formula is C56H102N12O22. The molecule has 518 valence electrons. The van der Waals surface area contributed by atoms with Crippen molar-refractivity contribution in [2.45, 2.75) is 129 Å². The van der Waals surface area contributed by atoms with E-state index >= 15 is 0 Å². The zero-order valence-corrected chi connectivity index (χ0v) is 52.7. The molecule has 34 heteroatoms. The van der Waals surface area contributed by atoms with Gasteiger partial charge in [0.05, 0.1) is 71.9 Å². The average Bonchev–Trinajstić information content (AvgIpc) is 2.16. The van der Waals surface area contributed by atoms with Crippen LogP contribution >= 0.6 is 0 Å². The Hall–Kier alpha value is -7.21. The minimum absolute atomic E-state index is 0.00715. The quantitative estimate of drug-likeness (QED) is 0.0263. The molecule has 0 aliphatic carbocycles. The summed E-state index contributed by atoms with van der Waals surface area (Å²) in [7, 11) is 1.66. The summed E-state index contributed by atoms with van der Waals surface area (Å²) < 4.78 is 21.4. The standard InChI is InChI=1S/C54H96N12O22.C2H6/c1-38(51(55)80)10-3-6-19-62-53(82)40(12-5-8-17-58-43(68)16-15-41(54(83)84)66(24-22-64(32-47(72)73)33-48(74)75)25-23-65(34-49(76)77)35-50(78)79)63-44(69)14-9-13-42(67)60-20-26-85-28-31-88-37-46(71)61-21-27-86-29-30-87-36-45(70)59-18-7-4-11-39(57-2)52(56)81;1-2/h38-41,57H,3-37H2,1-2H3,(H2,55,80)(H2,56,81)(H,58,68)(H,59,70)(H,60,67)(H,61,71)(H,62,82)(H,63,69)(H,72,73)(H,74,75)(H,76,77)(H,78,79)(H,83,84);1-2H3/t38-,39-,40-,41-;/m0./s1. The van der Waals surface area contributed by atoms with Crippen LogP contribution in [0.2, 0.25) is 0 Å². The molecule has 90 heavy (non-hydrogen) atoms. The molecule has 34 nitrogen and oxygen atoms in total. The highest BCUT2D eigenvalue weighted by atomic mass is 16.5. The molecule has 4 atom stereocenters. The van der Waals surface area contributed by atoms with Gasteiger partial charge < -0.3 is 93.2 Å². The van der Waals surface area contributed by atoms with Crippen LogP contribution in [0.4, 0.5) is 0 Å². The van der Waals surface area contributed by atoms with Crippen LogP contribution in [0.15, 0.2) is 0 Å². The highest BCUT2D eigenvalue weighted by molar-refractivity contribution is 5.88. The maximum atomic E-state index is 13.3. The molecule has 0 spiro atoms. The summed E-state index contributed by atoms with van der Waals surface area (Å²) >= 11 is 0. The second-order valence-corrected chi connectivity index (χ2v) is 20.5. The first-order valence-electron chi connectivity index (χ1n) is 30.3. The van der Waals surface area contributed by atoms with Gasteiger partial charge in [0.15, 0.2) is 0 Å². The van der Waals surface area contributed by atoms with Gasteiger partial charge in [-0.15, -0.1) is 0 Å². The molecule has 0 heterocycles. The van der Waals surface area contributed by atoms with Crippen LogP contribution in [-0.2, 0) is 81.3 Å². The number of carbonyl (C=O) groups is 13. The van der Waals surface area contributed by atoms with Crippen molar-refractivity contribution in [2.75, 3.05) is 145 Å². The summed E-state index contributed by atoms with van der Waals surface area (Å²) in [6, 6.07) is -2.82. The van der Waals surface area contributed by atoms with Gasteiger partial charge in [0.25, 0.3) is 0 Å². The number of ether oxygens (including phenoxy) is 4. The van der Waals surface area contributed by atoms with Crippen molar-refractivity contribution in [1.29, 1.82) is 0 Å². The molecule has 0 unspecified atom stereocenters. The molecule has 0 aliphatic rings. The van der Waals surface area contributed by atoms with Crippen molar-refractivity contribution in [3.63, 3.8) is 0 Å². The SMILES string of the molecule is CC.CN[C@@H](CCCCNC(=O)COCCOCCNC(=O)COCCOCCNC(=O)CCCC(=O)N[C@@H](CCCCNC(=O)CC[C@@H](C(=O)O)N(CCN(CC(=O)O)CC(=O)O)CCN(CC(=O)O)CC(=O)O)C(=O)NCCCC[C@H](C)C(N)=O)C(N)=O. The van der Waals surface area contributed by atoms with E-state index in [4.69, 9.17) is 30.4 Å². The fraction of sp³-hybridized carbons (Fsp3) is 0.768. The third kappa shape index (κ3) is 49.6. The summed E-state index contributed by atoms with van der Waals surface area (Å²) in [6.07, 6.45) is 3.80. The van der Waals surface area contributed by atoms with Crippen LogP contribution in [-0.4, -0.2) is 280 Å². The Balaban J connectivity index is 0. The van der Waals surface area contributed by atoms with Crippen LogP contribution in [0.25, 0.3) is 0 Å². The smallest absolute Gasteiger partial charge is 0.320 e. The highest BCUT2D eigenvalue weighted by Crippen LogP contribution is 2.12. The number of aliphatic carboxylic acids is 5. The number of primary amides is 2. The van der Waals surface area contributed by atoms with Gasteiger partial charge in [0.2, 0.25) is 47.3 Å². The molecule has 16 N–H and O–H groups in total. The molecule has 8 amide bonds. The van der Waals surface area contributed by atoms with Crippen LogP contribution in [0, 0.1) is 5.92 Å². The Labute approximate surface area is 525 Å². The topological polar surface area (TPSA) is 506 Å². The van der Waals surface area contributed by atoms with Crippen molar-refractivity contribution >= 4 is 77.1 Å². The van der Waals surface area contributed by atoms with Gasteiger partial charge >= 0.3 is 29.8 Å². The minimum atomic E-state index is -1.43. The zero-order chi connectivity index (χ0) is 68.1. The lowest BCUT2D eigenvalue weighted by atomic mass is 10.0. The van der Waals surface area contributed by atoms with Crippen molar-refractivity contribution in [2.24, 2.45) is 17.4 Å². The van der Waals surface area contributed by atoms with Gasteiger partial charge in [-0.3, -0.25) is 77.0 Å². The number of rotatable bonds is 59. The molecule has 0 aromatic carbocycles. The predicted molar refractivity (Wildman–Crippen MR) is 323 cm³/mol. The van der Waals surface area contributed by atoms with E-state index in [1.54, 1.807) is 14.0 Å². The number of amides is 8. The summed E-state index contributed by atoms with van der Waals surface area (Å²) in [4.78, 5) is 160. The zero-order valence-electron chi connectivity index (χ0n) is 52.7. The maximum absolute atomic E-state index is 13.3. The Morgan fingerprint density at radius 3 is 1.27 bits per heavy atom.